The van der Waals surface area contributed by atoms with Crippen LogP contribution in [0.15, 0.2) is 132 Å². The van der Waals surface area contributed by atoms with Crippen LogP contribution in [-0.2, 0) is 30.4 Å². The van der Waals surface area contributed by atoms with Crippen LogP contribution in [0.25, 0.3) is 32.3 Å². The molecule has 0 radical (unpaired) electrons. The van der Waals surface area contributed by atoms with Crippen LogP contribution < -0.4 is 5.73 Å². The van der Waals surface area contributed by atoms with Crippen LogP contribution in [0, 0.1) is 0 Å². The Bertz CT molecular complexity index is 2680. The van der Waals surface area contributed by atoms with Crippen molar-refractivity contribution in [3.05, 3.63) is 97.1 Å². The van der Waals surface area contributed by atoms with Gasteiger partial charge in [0.2, 0.25) is 0 Å². The zero-order valence-corrected chi connectivity index (χ0v) is 26.1. The minimum Gasteiger partial charge on any atom is -0.398 e. The summed E-state index contributed by atoms with van der Waals surface area (Å²) in [5.41, 5.74) is 7.26. The highest BCUT2D eigenvalue weighted by Gasteiger charge is 2.17. The summed E-state index contributed by atoms with van der Waals surface area (Å²) in [5, 5.41) is 19.1. The molecule has 0 aromatic heterocycles. The van der Waals surface area contributed by atoms with E-state index in [9.17, 15) is 38.9 Å². The molecule has 0 atom stereocenters. The molecule has 6 rings (SSSR count). The molecule has 0 unspecified atom stereocenters. The van der Waals surface area contributed by atoms with E-state index in [-0.39, 0.29) is 49.0 Å². The molecular weight excluding hydrogens is 671 g/mol. The van der Waals surface area contributed by atoms with Crippen molar-refractivity contribution in [2.24, 2.45) is 20.5 Å². The third-order valence-electron chi connectivity index (χ3n) is 7.21. The fourth-order valence-electron chi connectivity index (χ4n) is 5.00. The highest BCUT2D eigenvalue weighted by Crippen LogP contribution is 2.39. The molecule has 6 aromatic rings. The van der Waals surface area contributed by atoms with Gasteiger partial charge < -0.3 is 5.73 Å². The van der Waals surface area contributed by atoms with Crippen LogP contribution in [0.3, 0.4) is 0 Å². The Hall–Kier alpha value is -5.17. The van der Waals surface area contributed by atoms with Gasteiger partial charge in [0, 0.05) is 38.0 Å². The van der Waals surface area contributed by atoms with Crippen molar-refractivity contribution in [2.75, 3.05) is 5.73 Å². The number of hydrogen-bond donors (Lipinski definition) is 4. The average molecular weight is 692 g/mol. The maximum absolute atomic E-state index is 12.0. The van der Waals surface area contributed by atoms with Crippen molar-refractivity contribution in [3.8, 4) is 0 Å². The average Bonchev–Trinajstić information content (AvgIpc) is 3.01. The number of nitrogen functional groups attached to an aromatic ring is 1. The second kappa shape index (κ2) is 11.6. The Balaban J connectivity index is 1.47. The van der Waals surface area contributed by atoms with Crippen LogP contribution in [0.5, 0.6) is 0 Å². The molecule has 17 heteroatoms. The normalized spacial score (nSPS) is 13.0. The number of nitrogens with two attached hydrogens (primary N) is 1. The van der Waals surface area contributed by atoms with Crippen molar-refractivity contribution in [3.63, 3.8) is 0 Å². The first-order valence-electron chi connectivity index (χ1n) is 13.3. The molecule has 0 fully saturated rings. The molecule has 0 spiro atoms. The van der Waals surface area contributed by atoms with Crippen molar-refractivity contribution in [1.29, 1.82) is 0 Å². The number of fused-ring (bicyclic) bond motifs is 3. The van der Waals surface area contributed by atoms with Gasteiger partial charge in [0.25, 0.3) is 30.4 Å². The second-order valence-corrected chi connectivity index (χ2v) is 14.4. The van der Waals surface area contributed by atoms with Gasteiger partial charge in [0.1, 0.15) is 4.90 Å². The molecule has 0 aliphatic heterocycles. The third kappa shape index (κ3) is 6.30. The van der Waals surface area contributed by atoms with Gasteiger partial charge in [-0.3, -0.25) is 13.7 Å². The second-order valence-electron chi connectivity index (χ2n) is 10.1. The van der Waals surface area contributed by atoms with Crippen LogP contribution in [-0.4, -0.2) is 38.9 Å². The number of azo groups is 2. The fourth-order valence-corrected chi connectivity index (χ4v) is 6.71. The van der Waals surface area contributed by atoms with Gasteiger partial charge in [-0.1, -0.05) is 36.4 Å². The van der Waals surface area contributed by atoms with E-state index in [2.05, 4.69) is 20.5 Å². The lowest BCUT2D eigenvalue weighted by Crippen LogP contribution is -1.98. The summed E-state index contributed by atoms with van der Waals surface area (Å²) in [4.78, 5) is -1.07. The number of anilines is 1. The smallest absolute Gasteiger partial charge is 0.295 e. The Morgan fingerprint density at radius 1 is 0.426 bits per heavy atom. The van der Waals surface area contributed by atoms with E-state index in [1.165, 1.54) is 66.7 Å². The summed E-state index contributed by atoms with van der Waals surface area (Å²) in [6, 6.07) is 22.6. The molecule has 6 aromatic carbocycles. The van der Waals surface area contributed by atoms with Crippen molar-refractivity contribution >= 4 is 91.1 Å². The SMILES string of the molecule is Nc1ccc(N=Nc2ccc(N=Nc3ccc(S(=O)(=O)O)c4ccccc34)c3ccc(S(=O)(=O)O)cc23)c2ccc(S(=O)(=O)O)cc12. The van der Waals surface area contributed by atoms with Gasteiger partial charge in [-0.15, -0.1) is 20.5 Å². The standard InChI is InChI=1S/C30H21N5O9S3/c31-25-9-10-26(20-7-5-17(15-23(20)25)45(36,37)38)32-35-29-12-11-27(21-8-6-18(16-24(21)29)46(39,40)41)33-34-28-13-14-30(47(42,43)44)22-4-2-1-3-19(22)28/h1-16H,31H2,(H,36,37,38)(H,39,40,41)(H,42,43,44). The summed E-state index contributed by atoms with van der Waals surface area (Å²) >= 11 is 0. The van der Waals surface area contributed by atoms with Crippen LogP contribution >= 0.6 is 0 Å². The molecule has 238 valence electrons. The summed E-state index contributed by atoms with van der Waals surface area (Å²) in [6.07, 6.45) is 0. The molecule has 0 aliphatic rings. The lowest BCUT2D eigenvalue weighted by atomic mass is 10.1. The molecule has 0 amide bonds. The van der Waals surface area contributed by atoms with Gasteiger partial charge in [0.15, 0.2) is 0 Å². The largest absolute Gasteiger partial charge is 0.398 e. The van der Waals surface area contributed by atoms with Crippen LogP contribution in [0.2, 0.25) is 0 Å². The quantitative estimate of drug-likeness (QED) is 0.0739. The van der Waals surface area contributed by atoms with Gasteiger partial charge in [0.05, 0.1) is 32.5 Å². The maximum atomic E-state index is 12.0. The maximum Gasteiger partial charge on any atom is 0.295 e. The van der Waals surface area contributed by atoms with E-state index in [4.69, 9.17) is 5.73 Å². The number of rotatable bonds is 7. The van der Waals surface area contributed by atoms with Crippen molar-refractivity contribution in [1.82, 2.24) is 0 Å². The minimum atomic E-state index is -4.62. The first kappa shape index (κ1) is 31.8. The Kier molecular flexibility index (Phi) is 7.83. The molecule has 0 saturated heterocycles. The molecule has 47 heavy (non-hydrogen) atoms. The van der Waals surface area contributed by atoms with E-state index >= 15 is 0 Å². The highest BCUT2D eigenvalue weighted by molar-refractivity contribution is 7.86. The molecule has 5 N–H and O–H groups in total. The summed E-state index contributed by atoms with van der Waals surface area (Å²) in [5.74, 6) is 0. The molecule has 0 heterocycles. The van der Waals surface area contributed by atoms with E-state index in [0.717, 1.165) is 0 Å². The van der Waals surface area contributed by atoms with Crippen LogP contribution in [0.1, 0.15) is 0 Å². The fraction of sp³-hybridized carbons (Fsp3) is 0. The van der Waals surface area contributed by atoms with Gasteiger partial charge in [-0.05, 0) is 60.7 Å². The van der Waals surface area contributed by atoms with Crippen molar-refractivity contribution in [2.45, 2.75) is 14.7 Å². The summed E-state index contributed by atoms with van der Waals surface area (Å²) in [7, 11) is -13.6. The number of nitrogens with zero attached hydrogens (tertiary/aromatic N) is 4. The summed E-state index contributed by atoms with van der Waals surface area (Å²) in [6.45, 7) is 0. The lowest BCUT2D eigenvalue weighted by molar-refractivity contribution is 0.481. The van der Waals surface area contributed by atoms with Gasteiger partial charge in [-0.25, -0.2) is 0 Å². The number of hydrogen-bond acceptors (Lipinski definition) is 11. The minimum absolute atomic E-state index is 0.173. The van der Waals surface area contributed by atoms with E-state index in [1.54, 1.807) is 30.3 Å². The first-order chi connectivity index (χ1) is 22.1. The molecular formula is C30H21N5O9S3. The predicted molar refractivity (Wildman–Crippen MR) is 174 cm³/mol. The van der Waals surface area contributed by atoms with Crippen molar-refractivity contribution < 1.29 is 38.9 Å². The highest BCUT2D eigenvalue weighted by atomic mass is 32.2. The topological polar surface area (TPSA) is 239 Å². The Labute approximate surface area is 267 Å². The lowest BCUT2D eigenvalue weighted by Gasteiger charge is -2.09. The summed E-state index contributed by atoms with van der Waals surface area (Å²) < 4.78 is 99.8. The molecule has 0 bridgehead atoms. The first-order valence-corrected chi connectivity index (χ1v) is 17.6. The van der Waals surface area contributed by atoms with E-state index in [1.807, 2.05) is 0 Å². The predicted octanol–water partition coefficient (Wildman–Crippen LogP) is 7.30. The Morgan fingerprint density at radius 3 is 1.34 bits per heavy atom. The number of benzene rings is 6. The molecule has 0 saturated carbocycles. The third-order valence-corrected chi connectivity index (χ3v) is 9.82. The Morgan fingerprint density at radius 2 is 0.830 bits per heavy atom. The van der Waals surface area contributed by atoms with Crippen LogP contribution in [0.4, 0.5) is 28.4 Å². The molecule has 14 nitrogen and oxygen atoms in total. The van der Waals surface area contributed by atoms with Gasteiger partial charge in [-0.2, -0.15) is 25.3 Å². The van der Waals surface area contributed by atoms with E-state index in [0.29, 0.717) is 21.5 Å². The zero-order chi connectivity index (χ0) is 33.7. The molecule has 0 aliphatic carbocycles. The van der Waals surface area contributed by atoms with Gasteiger partial charge >= 0.3 is 0 Å². The monoisotopic (exact) mass is 691 g/mol. The zero-order valence-electron chi connectivity index (χ0n) is 23.6. The van der Waals surface area contributed by atoms with E-state index < -0.39 is 35.2 Å².